The highest BCUT2D eigenvalue weighted by atomic mass is 35.6. The summed E-state index contributed by atoms with van der Waals surface area (Å²) in [6, 6.07) is -1.29. The molecule has 13 heavy (non-hydrogen) atoms. The molecule has 3 N–H and O–H groups in total. The number of rotatable bonds is 3. The zero-order chi connectivity index (χ0) is 10.7. The molecule has 0 aromatic rings. The molecule has 0 unspecified atom stereocenters. The molecule has 0 aromatic heterocycles. The van der Waals surface area contributed by atoms with E-state index in [4.69, 9.17) is 34.8 Å². The first-order valence-electron chi connectivity index (χ1n) is 2.66. The van der Waals surface area contributed by atoms with Crippen molar-refractivity contribution in [3.05, 3.63) is 0 Å². The van der Waals surface area contributed by atoms with E-state index in [9.17, 15) is 13.2 Å². The van der Waals surface area contributed by atoms with E-state index < -0.39 is 26.7 Å². The van der Waals surface area contributed by atoms with Gasteiger partial charge in [-0.25, -0.2) is 13.7 Å². The summed E-state index contributed by atoms with van der Waals surface area (Å²) in [5.41, 5.74) is 4.51. The molecule has 2 amide bonds. The van der Waals surface area contributed by atoms with Crippen molar-refractivity contribution in [1.29, 1.82) is 0 Å². The van der Waals surface area contributed by atoms with Gasteiger partial charge in [0.2, 0.25) is 3.79 Å². The van der Waals surface area contributed by atoms with Crippen molar-refractivity contribution < 1.29 is 17.4 Å². The van der Waals surface area contributed by atoms with Gasteiger partial charge in [-0.15, -0.1) is 0 Å². The van der Waals surface area contributed by atoms with Gasteiger partial charge in [0, 0.05) is 0 Å². The van der Waals surface area contributed by atoms with Crippen LogP contribution in [0.5, 0.6) is 0 Å². The van der Waals surface area contributed by atoms with Crippen molar-refractivity contribution in [3.8, 4) is 0 Å². The summed E-state index contributed by atoms with van der Waals surface area (Å²) in [5.74, 6) is 0. The zero-order valence-electron chi connectivity index (χ0n) is 5.96. The van der Waals surface area contributed by atoms with E-state index in [2.05, 4.69) is 9.92 Å². The molecule has 0 fully saturated rings. The maximum absolute atomic E-state index is 10.7. The zero-order valence-corrected chi connectivity index (χ0v) is 9.04. The molecule has 0 saturated carbocycles. The van der Waals surface area contributed by atoms with E-state index in [0.29, 0.717) is 0 Å². The lowest BCUT2D eigenvalue weighted by atomic mass is 10.9. The standard InChI is InChI=1S/C3H5Cl3N2O4S/c4-3(5,6)1-12-13(10,11)8-2(7)9/h1H2,(H3,7,8,9). The van der Waals surface area contributed by atoms with Gasteiger partial charge in [-0.2, -0.15) is 8.42 Å². The van der Waals surface area contributed by atoms with Crippen molar-refractivity contribution in [2.24, 2.45) is 5.73 Å². The fraction of sp³-hybridized carbons (Fsp3) is 0.667. The van der Waals surface area contributed by atoms with Crippen LogP contribution < -0.4 is 10.5 Å². The highest BCUT2D eigenvalue weighted by Crippen LogP contribution is 2.26. The number of carbonyl (C=O) groups excluding carboxylic acids is 1. The van der Waals surface area contributed by atoms with Crippen molar-refractivity contribution >= 4 is 51.1 Å². The number of amides is 2. The minimum atomic E-state index is -4.29. The number of hydrogen-bond donors (Lipinski definition) is 2. The second kappa shape index (κ2) is 4.52. The van der Waals surface area contributed by atoms with Gasteiger partial charge < -0.3 is 5.73 Å². The number of primary amides is 1. The molecular formula is C3H5Cl3N2O4S. The van der Waals surface area contributed by atoms with E-state index in [1.54, 1.807) is 0 Å². The first-order chi connectivity index (χ1) is 5.62. The Morgan fingerprint density at radius 1 is 1.46 bits per heavy atom. The quantitative estimate of drug-likeness (QED) is 0.721. The summed E-state index contributed by atoms with van der Waals surface area (Å²) < 4.78 is 24.8. The van der Waals surface area contributed by atoms with Crippen LogP contribution in [0.25, 0.3) is 0 Å². The third-order valence-electron chi connectivity index (χ3n) is 0.603. The van der Waals surface area contributed by atoms with Gasteiger partial charge >= 0.3 is 16.3 Å². The van der Waals surface area contributed by atoms with Gasteiger partial charge in [0.05, 0.1) is 0 Å². The first-order valence-corrected chi connectivity index (χ1v) is 5.20. The molecule has 78 valence electrons. The Morgan fingerprint density at radius 3 is 2.23 bits per heavy atom. The molecule has 0 aliphatic carbocycles. The summed E-state index contributed by atoms with van der Waals surface area (Å²) in [6.07, 6.45) is 0. The molecule has 0 aliphatic heterocycles. The lowest BCUT2D eigenvalue weighted by molar-refractivity contribution is 0.250. The van der Waals surface area contributed by atoms with E-state index in [-0.39, 0.29) is 0 Å². The number of halogens is 3. The van der Waals surface area contributed by atoms with Gasteiger partial charge in [-0.05, 0) is 0 Å². The molecule has 0 radical (unpaired) electrons. The summed E-state index contributed by atoms with van der Waals surface area (Å²) in [6.45, 7) is -0.722. The topological polar surface area (TPSA) is 98.5 Å². The maximum Gasteiger partial charge on any atom is 0.363 e. The Bertz CT molecular complexity index is 283. The molecule has 0 spiro atoms. The van der Waals surface area contributed by atoms with Gasteiger partial charge in [-0.3, -0.25) is 0 Å². The largest absolute Gasteiger partial charge is 0.363 e. The van der Waals surface area contributed by atoms with Gasteiger partial charge in [0.1, 0.15) is 6.61 Å². The average Bonchev–Trinajstić information content (AvgIpc) is 1.79. The van der Waals surface area contributed by atoms with Crippen LogP contribution in [0, 0.1) is 0 Å². The van der Waals surface area contributed by atoms with Crippen LogP contribution in [-0.2, 0) is 14.5 Å². The average molecular weight is 272 g/mol. The van der Waals surface area contributed by atoms with E-state index in [0.717, 1.165) is 0 Å². The molecule has 0 atom stereocenters. The highest BCUT2D eigenvalue weighted by molar-refractivity contribution is 7.85. The predicted octanol–water partition coefficient (Wildman–Crippen LogP) is 0.286. The number of alkyl halides is 3. The van der Waals surface area contributed by atoms with Crippen LogP contribution >= 0.6 is 34.8 Å². The van der Waals surface area contributed by atoms with Crippen molar-refractivity contribution in [3.63, 3.8) is 0 Å². The van der Waals surface area contributed by atoms with Gasteiger partial charge in [-0.1, -0.05) is 34.8 Å². The van der Waals surface area contributed by atoms with Crippen molar-refractivity contribution in [1.82, 2.24) is 4.72 Å². The maximum atomic E-state index is 10.7. The number of nitrogens with one attached hydrogen (secondary N) is 1. The second-order valence-corrected chi connectivity index (χ2v) is 5.66. The molecule has 0 bridgehead atoms. The minimum absolute atomic E-state index is 0.722. The second-order valence-electron chi connectivity index (χ2n) is 1.80. The Morgan fingerprint density at radius 2 is 1.92 bits per heavy atom. The number of nitrogens with two attached hydrogens (primary N) is 1. The predicted molar refractivity (Wildman–Crippen MR) is 47.9 cm³/mol. The fourth-order valence-corrected chi connectivity index (χ4v) is 1.29. The fourth-order valence-electron chi connectivity index (χ4n) is 0.297. The molecule has 0 rings (SSSR count). The van der Waals surface area contributed by atoms with E-state index >= 15 is 0 Å². The first kappa shape index (κ1) is 13.1. The van der Waals surface area contributed by atoms with E-state index in [1.165, 1.54) is 4.72 Å². The van der Waals surface area contributed by atoms with Gasteiger partial charge in [0.15, 0.2) is 0 Å². The summed E-state index contributed by atoms with van der Waals surface area (Å²) >= 11 is 15.5. The number of hydrogen-bond acceptors (Lipinski definition) is 4. The Hall–Kier alpha value is 0.0500. The van der Waals surface area contributed by atoms with Crippen LogP contribution in [0.3, 0.4) is 0 Å². The van der Waals surface area contributed by atoms with Crippen LogP contribution in [-0.4, -0.2) is 24.8 Å². The molecule has 0 heterocycles. The Labute approximate surface area is 89.5 Å². The Balaban J connectivity index is 4.13. The third-order valence-corrected chi connectivity index (χ3v) is 1.81. The summed E-state index contributed by atoms with van der Waals surface area (Å²) in [7, 11) is -4.29. The van der Waals surface area contributed by atoms with Crippen molar-refractivity contribution in [2.75, 3.05) is 6.61 Å². The Kier molecular flexibility index (Phi) is 4.53. The SMILES string of the molecule is NC(=O)NS(=O)(=O)OCC(Cl)(Cl)Cl. The highest BCUT2D eigenvalue weighted by Gasteiger charge is 2.24. The lowest BCUT2D eigenvalue weighted by Crippen LogP contribution is -2.37. The minimum Gasteiger partial charge on any atom is -0.351 e. The molecule has 10 heteroatoms. The molecule has 6 nitrogen and oxygen atoms in total. The van der Waals surface area contributed by atoms with Gasteiger partial charge in [0.25, 0.3) is 0 Å². The molecule has 0 aromatic carbocycles. The van der Waals surface area contributed by atoms with E-state index in [1.807, 2.05) is 0 Å². The summed E-state index contributed by atoms with van der Waals surface area (Å²) in [4.78, 5) is 10.1. The monoisotopic (exact) mass is 270 g/mol. The van der Waals surface area contributed by atoms with Crippen LogP contribution in [0.4, 0.5) is 4.79 Å². The van der Waals surface area contributed by atoms with Crippen LogP contribution in [0.1, 0.15) is 0 Å². The molecule has 0 saturated heterocycles. The lowest BCUT2D eigenvalue weighted by Gasteiger charge is -2.10. The smallest absolute Gasteiger partial charge is 0.351 e. The third kappa shape index (κ3) is 8.38. The summed E-state index contributed by atoms with van der Waals surface area (Å²) in [5, 5.41) is 0. The normalized spacial score (nSPS) is 12.5. The number of carbonyl (C=O) groups is 1. The number of urea groups is 1. The van der Waals surface area contributed by atoms with Crippen LogP contribution in [0.2, 0.25) is 0 Å². The van der Waals surface area contributed by atoms with Crippen LogP contribution in [0.15, 0.2) is 0 Å². The molecule has 0 aliphatic rings. The molecular weight excluding hydrogens is 266 g/mol. The van der Waals surface area contributed by atoms with Crippen molar-refractivity contribution in [2.45, 2.75) is 3.79 Å².